The largest absolute Gasteiger partial charge is 0.415 e. The number of carbonyl (C=O) groups excluding carboxylic acids is 1. The summed E-state index contributed by atoms with van der Waals surface area (Å²) in [7, 11) is 3.12. The third-order valence-electron chi connectivity index (χ3n) is 0.606. The van der Waals surface area contributed by atoms with Gasteiger partial charge in [0.25, 0.3) is 0 Å². The molecule has 52 valence electrons. The molecule has 0 saturated heterocycles. The number of rotatable bonds is 0. The highest BCUT2D eigenvalue weighted by Crippen LogP contribution is 1.85. The number of amides is 1. The van der Waals surface area contributed by atoms with Crippen molar-refractivity contribution in [1.29, 1.82) is 5.41 Å². The van der Waals surface area contributed by atoms with Gasteiger partial charge in [0.15, 0.2) is 5.90 Å². The van der Waals surface area contributed by atoms with Crippen molar-refractivity contribution in [3.8, 4) is 0 Å². The van der Waals surface area contributed by atoms with E-state index in [0.717, 1.165) is 0 Å². The molecule has 0 unspecified atom stereocenters. The molecule has 0 saturated carbocycles. The summed E-state index contributed by atoms with van der Waals surface area (Å²) in [5.41, 5.74) is 0. The molecule has 1 N–H and O–H groups in total. The van der Waals surface area contributed by atoms with Crippen LogP contribution in [-0.4, -0.2) is 31.0 Å². The number of ether oxygens (including phenoxy) is 1. The van der Waals surface area contributed by atoms with Crippen LogP contribution in [0.25, 0.3) is 0 Å². The van der Waals surface area contributed by atoms with Crippen LogP contribution < -0.4 is 0 Å². The quantitative estimate of drug-likeness (QED) is 0.387. The summed E-state index contributed by atoms with van der Waals surface area (Å²) in [5.74, 6) is -0.0892. The Morgan fingerprint density at radius 3 is 2.11 bits per heavy atom. The van der Waals surface area contributed by atoms with E-state index >= 15 is 0 Å². The van der Waals surface area contributed by atoms with E-state index in [4.69, 9.17) is 5.41 Å². The van der Waals surface area contributed by atoms with E-state index < -0.39 is 6.09 Å². The average molecular weight is 130 g/mol. The molecule has 0 atom stereocenters. The summed E-state index contributed by atoms with van der Waals surface area (Å²) in [5, 5.41) is 6.75. The maximum Gasteiger partial charge on any atom is 0.415 e. The van der Waals surface area contributed by atoms with E-state index in [1.807, 2.05) is 0 Å². The summed E-state index contributed by atoms with van der Waals surface area (Å²) < 4.78 is 4.38. The van der Waals surface area contributed by atoms with Gasteiger partial charge in [-0.25, -0.2) is 4.79 Å². The molecule has 0 radical (unpaired) electrons. The Balaban J connectivity index is 3.64. The van der Waals surface area contributed by atoms with Gasteiger partial charge in [-0.3, -0.25) is 5.41 Å². The van der Waals surface area contributed by atoms with Gasteiger partial charge in [-0.15, -0.1) is 0 Å². The Bertz CT molecular complexity index is 131. The van der Waals surface area contributed by atoms with Gasteiger partial charge in [-0.2, -0.15) is 0 Å². The van der Waals surface area contributed by atoms with E-state index in [0.29, 0.717) is 0 Å². The molecule has 0 aromatic carbocycles. The smallest absolute Gasteiger partial charge is 0.396 e. The molecule has 0 aromatic rings. The highest BCUT2D eigenvalue weighted by Gasteiger charge is 2.03. The molecule has 0 aliphatic carbocycles. The van der Waals surface area contributed by atoms with Crippen molar-refractivity contribution < 1.29 is 9.53 Å². The van der Waals surface area contributed by atoms with Crippen molar-refractivity contribution in [2.45, 2.75) is 6.92 Å². The predicted molar refractivity (Wildman–Crippen MR) is 33.6 cm³/mol. The van der Waals surface area contributed by atoms with Gasteiger partial charge < -0.3 is 9.64 Å². The van der Waals surface area contributed by atoms with Gasteiger partial charge in [0.2, 0.25) is 0 Å². The van der Waals surface area contributed by atoms with Gasteiger partial charge >= 0.3 is 6.09 Å². The van der Waals surface area contributed by atoms with Crippen LogP contribution in [0.5, 0.6) is 0 Å². The molecule has 4 nitrogen and oxygen atoms in total. The molecule has 0 aliphatic heterocycles. The minimum atomic E-state index is -0.512. The number of carbonyl (C=O) groups is 1. The first-order valence-electron chi connectivity index (χ1n) is 2.48. The first-order chi connectivity index (χ1) is 4.04. The minimum absolute atomic E-state index is 0.0892. The van der Waals surface area contributed by atoms with Crippen molar-refractivity contribution in [3.63, 3.8) is 0 Å². The fourth-order valence-corrected chi connectivity index (χ4v) is 0.222. The average Bonchev–Trinajstić information content (AvgIpc) is 1.63. The second-order valence-electron chi connectivity index (χ2n) is 1.82. The third kappa shape index (κ3) is 3.52. The van der Waals surface area contributed by atoms with Crippen LogP contribution in [0.3, 0.4) is 0 Å². The Morgan fingerprint density at radius 2 is 2.00 bits per heavy atom. The maximum absolute atomic E-state index is 10.5. The lowest BCUT2D eigenvalue weighted by molar-refractivity contribution is 0.167. The van der Waals surface area contributed by atoms with Gasteiger partial charge in [0, 0.05) is 21.0 Å². The summed E-state index contributed by atoms with van der Waals surface area (Å²) in [6, 6.07) is 0. The van der Waals surface area contributed by atoms with Gasteiger partial charge in [0.1, 0.15) is 0 Å². The second-order valence-corrected chi connectivity index (χ2v) is 1.82. The molecule has 0 bridgehead atoms. The zero-order valence-corrected chi connectivity index (χ0v) is 5.76. The molecule has 0 aromatic heterocycles. The minimum Gasteiger partial charge on any atom is -0.396 e. The zero-order chi connectivity index (χ0) is 7.44. The number of nitrogens with zero attached hydrogens (tertiary/aromatic N) is 1. The van der Waals surface area contributed by atoms with E-state index in [-0.39, 0.29) is 5.90 Å². The van der Waals surface area contributed by atoms with Crippen molar-refractivity contribution >= 4 is 12.0 Å². The Kier molecular flexibility index (Phi) is 2.70. The number of nitrogens with one attached hydrogen (secondary N) is 1. The summed E-state index contributed by atoms with van der Waals surface area (Å²) >= 11 is 0. The fourth-order valence-electron chi connectivity index (χ4n) is 0.222. The lowest BCUT2D eigenvalue weighted by Crippen LogP contribution is -2.24. The molecule has 0 spiro atoms. The summed E-state index contributed by atoms with van der Waals surface area (Å²) in [6.07, 6.45) is -0.512. The van der Waals surface area contributed by atoms with Crippen LogP contribution in [0, 0.1) is 5.41 Å². The van der Waals surface area contributed by atoms with Crippen LogP contribution >= 0.6 is 0 Å². The number of hydrogen-bond acceptors (Lipinski definition) is 3. The first-order valence-corrected chi connectivity index (χ1v) is 2.48. The van der Waals surface area contributed by atoms with Crippen LogP contribution in [0.2, 0.25) is 0 Å². The Morgan fingerprint density at radius 1 is 1.56 bits per heavy atom. The van der Waals surface area contributed by atoms with Crippen LogP contribution in [-0.2, 0) is 4.74 Å². The number of hydrogen-bond donors (Lipinski definition) is 1. The highest BCUT2D eigenvalue weighted by molar-refractivity contribution is 5.84. The monoisotopic (exact) mass is 130 g/mol. The van der Waals surface area contributed by atoms with Crippen molar-refractivity contribution in [2.75, 3.05) is 14.1 Å². The molecule has 1 amide bonds. The van der Waals surface area contributed by atoms with Gasteiger partial charge in [-0.1, -0.05) is 0 Å². The van der Waals surface area contributed by atoms with E-state index in [2.05, 4.69) is 4.74 Å². The van der Waals surface area contributed by atoms with Crippen LogP contribution in [0.4, 0.5) is 4.79 Å². The van der Waals surface area contributed by atoms with Crippen molar-refractivity contribution in [1.82, 2.24) is 4.90 Å². The fraction of sp³-hybridized carbons (Fsp3) is 0.600. The zero-order valence-electron chi connectivity index (χ0n) is 5.76. The topological polar surface area (TPSA) is 53.4 Å². The molecular weight excluding hydrogens is 120 g/mol. The molecule has 0 fully saturated rings. The van der Waals surface area contributed by atoms with Crippen LogP contribution in [0.1, 0.15) is 6.92 Å². The normalized spacial score (nSPS) is 8.33. The Labute approximate surface area is 53.9 Å². The van der Waals surface area contributed by atoms with Crippen molar-refractivity contribution in [3.05, 3.63) is 0 Å². The third-order valence-corrected chi connectivity index (χ3v) is 0.606. The maximum atomic E-state index is 10.5. The SMILES string of the molecule is CC(=N)OC(=O)N(C)C. The lowest BCUT2D eigenvalue weighted by atomic mass is 10.8. The molecule has 9 heavy (non-hydrogen) atoms. The van der Waals surface area contributed by atoms with Crippen molar-refractivity contribution in [2.24, 2.45) is 0 Å². The molecule has 0 aliphatic rings. The highest BCUT2D eigenvalue weighted by atomic mass is 16.6. The lowest BCUT2D eigenvalue weighted by Gasteiger charge is -2.08. The summed E-state index contributed by atoms with van der Waals surface area (Å²) in [6.45, 7) is 1.40. The Hall–Kier alpha value is -1.06. The molecule has 0 heterocycles. The molecular formula is C5H10N2O2. The van der Waals surface area contributed by atoms with Gasteiger partial charge in [0.05, 0.1) is 0 Å². The van der Waals surface area contributed by atoms with E-state index in [1.165, 1.54) is 11.8 Å². The second kappa shape index (κ2) is 3.06. The van der Waals surface area contributed by atoms with Gasteiger partial charge in [-0.05, 0) is 0 Å². The molecule has 4 heteroatoms. The van der Waals surface area contributed by atoms with E-state index in [1.54, 1.807) is 14.1 Å². The molecule has 0 rings (SSSR count). The summed E-state index contributed by atoms with van der Waals surface area (Å²) in [4.78, 5) is 11.8. The van der Waals surface area contributed by atoms with Crippen LogP contribution in [0.15, 0.2) is 0 Å². The predicted octanol–water partition coefficient (Wildman–Crippen LogP) is 0.682. The van der Waals surface area contributed by atoms with E-state index in [9.17, 15) is 4.79 Å². The first kappa shape index (κ1) is 7.94. The standard InChI is InChI=1S/C5H10N2O2/c1-4(6)9-5(8)7(2)3/h6H,1-3H3.